The molecule has 3 heterocycles. The predicted octanol–water partition coefficient (Wildman–Crippen LogP) is 3.72. The third kappa shape index (κ3) is 3.80. The minimum Gasteiger partial charge on any atom is -0.335 e. The maximum Gasteiger partial charge on any atom is 0.419 e. The van der Waals surface area contributed by atoms with E-state index in [1.54, 1.807) is 0 Å². The molecule has 0 aliphatic rings. The molecule has 14 heteroatoms. The number of aromatic amines is 1. The molecule has 0 aliphatic heterocycles. The number of aromatic nitrogens is 4. The highest BCUT2D eigenvalue weighted by molar-refractivity contribution is 7.91. The summed E-state index contributed by atoms with van der Waals surface area (Å²) in [4.78, 5) is 12.4. The molecule has 0 saturated heterocycles. The summed E-state index contributed by atoms with van der Waals surface area (Å²) in [5, 5.41) is 8.91. The van der Waals surface area contributed by atoms with Crippen LogP contribution in [0.4, 0.5) is 26.3 Å². The number of halogens is 6. The van der Waals surface area contributed by atoms with Gasteiger partial charge in [0.05, 0.1) is 27.3 Å². The van der Waals surface area contributed by atoms with Crippen LogP contribution in [0.15, 0.2) is 23.2 Å². The van der Waals surface area contributed by atoms with Crippen molar-refractivity contribution >= 4 is 21.0 Å². The molecule has 0 amide bonds. The lowest BCUT2D eigenvalue weighted by Gasteiger charge is -2.11. The SMILES string of the molecule is CCS(=O)(=O)c1cc(C(F)(F)F)cnc1-c1nc2nc(C#N)c(C(F)(F)F)cc2[nH]1. The largest absolute Gasteiger partial charge is 0.419 e. The molecule has 0 atom stereocenters. The third-order valence-corrected chi connectivity index (χ3v) is 5.75. The molecular weight excluding hydrogens is 440 g/mol. The topological polar surface area (TPSA) is 112 Å². The number of hydrogen-bond acceptors (Lipinski definition) is 6. The molecular formula is C16H9F6N5O2S. The van der Waals surface area contributed by atoms with Crippen LogP contribution in [0.3, 0.4) is 0 Å². The van der Waals surface area contributed by atoms with Gasteiger partial charge >= 0.3 is 12.4 Å². The summed E-state index contributed by atoms with van der Waals surface area (Å²) in [6.45, 7) is 1.20. The Balaban J connectivity index is 2.29. The lowest BCUT2D eigenvalue weighted by molar-refractivity contribution is -0.138. The standard InChI is InChI=1S/C16H9F6N5O2S/c1-2-30(28,29)11-3-7(15(17,18)19)6-24-12(11)14-25-9-4-8(16(20,21)22)10(5-23)26-13(9)27-14/h3-4,6H,2H2,1H3,(H,25,26,27). The van der Waals surface area contributed by atoms with Crippen LogP contribution in [0.25, 0.3) is 22.7 Å². The zero-order valence-electron chi connectivity index (χ0n) is 14.7. The van der Waals surface area contributed by atoms with Crippen molar-refractivity contribution in [1.82, 2.24) is 19.9 Å². The Labute approximate surface area is 164 Å². The molecule has 3 aromatic heterocycles. The van der Waals surface area contributed by atoms with Gasteiger partial charge in [0.25, 0.3) is 0 Å². The van der Waals surface area contributed by atoms with Gasteiger partial charge in [0.1, 0.15) is 11.8 Å². The van der Waals surface area contributed by atoms with Gasteiger partial charge in [0, 0.05) is 6.20 Å². The molecule has 7 nitrogen and oxygen atoms in total. The molecule has 1 N–H and O–H groups in total. The van der Waals surface area contributed by atoms with E-state index in [0.717, 1.165) is 0 Å². The second-order valence-electron chi connectivity index (χ2n) is 5.92. The van der Waals surface area contributed by atoms with E-state index >= 15 is 0 Å². The Kier molecular flexibility index (Phi) is 4.97. The molecule has 3 aromatic rings. The first-order valence-electron chi connectivity index (χ1n) is 7.96. The van der Waals surface area contributed by atoms with Crippen molar-refractivity contribution in [2.24, 2.45) is 0 Å². The second-order valence-corrected chi connectivity index (χ2v) is 8.17. The first-order chi connectivity index (χ1) is 13.8. The second kappa shape index (κ2) is 6.94. The van der Waals surface area contributed by atoms with Gasteiger partial charge in [-0.15, -0.1) is 0 Å². The van der Waals surface area contributed by atoms with Crippen molar-refractivity contribution in [2.45, 2.75) is 24.2 Å². The van der Waals surface area contributed by atoms with E-state index in [0.29, 0.717) is 18.3 Å². The summed E-state index contributed by atoms with van der Waals surface area (Å²) in [6, 6.07) is 2.22. The molecule has 0 aliphatic carbocycles. The number of pyridine rings is 2. The van der Waals surface area contributed by atoms with Gasteiger partial charge in [-0.3, -0.25) is 4.98 Å². The van der Waals surface area contributed by atoms with Gasteiger partial charge in [-0.2, -0.15) is 31.6 Å². The number of nitrogens with zero attached hydrogens (tertiary/aromatic N) is 4. The molecule has 0 fully saturated rings. The number of nitrogens with one attached hydrogen (secondary N) is 1. The van der Waals surface area contributed by atoms with E-state index in [9.17, 15) is 34.8 Å². The van der Waals surface area contributed by atoms with Crippen LogP contribution in [-0.4, -0.2) is 34.1 Å². The van der Waals surface area contributed by atoms with E-state index in [-0.39, 0.29) is 11.2 Å². The molecule has 0 bridgehead atoms. The molecule has 158 valence electrons. The zero-order chi connectivity index (χ0) is 22.5. The van der Waals surface area contributed by atoms with E-state index < -0.39 is 61.2 Å². The van der Waals surface area contributed by atoms with Gasteiger partial charge in [-0.1, -0.05) is 6.92 Å². The van der Waals surface area contributed by atoms with Crippen LogP contribution in [0, 0.1) is 11.3 Å². The molecule has 0 aromatic carbocycles. The highest BCUT2D eigenvalue weighted by atomic mass is 32.2. The Bertz CT molecular complexity index is 1290. The summed E-state index contributed by atoms with van der Waals surface area (Å²) in [7, 11) is -4.22. The van der Waals surface area contributed by atoms with E-state index in [1.807, 2.05) is 0 Å². The Morgan fingerprint density at radius 2 is 1.77 bits per heavy atom. The monoisotopic (exact) mass is 449 g/mol. The minimum atomic E-state index is -4.90. The molecule has 3 rings (SSSR count). The quantitative estimate of drug-likeness (QED) is 0.610. The van der Waals surface area contributed by atoms with Gasteiger partial charge in [0.2, 0.25) is 0 Å². The van der Waals surface area contributed by atoms with Crippen molar-refractivity contribution < 1.29 is 34.8 Å². The molecule has 0 unspecified atom stereocenters. The highest BCUT2D eigenvalue weighted by Crippen LogP contribution is 2.35. The van der Waals surface area contributed by atoms with E-state index in [4.69, 9.17) is 5.26 Å². The summed E-state index contributed by atoms with van der Waals surface area (Å²) in [5.74, 6) is -0.973. The van der Waals surface area contributed by atoms with Gasteiger partial charge in [-0.05, 0) is 12.1 Å². The van der Waals surface area contributed by atoms with Crippen LogP contribution in [0.1, 0.15) is 23.7 Å². The lowest BCUT2D eigenvalue weighted by atomic mass is 10.2. The van der Waals surface area contributed by atoms with Crippen molar-refractivity contribution in [3.63, 3.8) is 0 Å². The fourth-order valence-corrected chi connectivity index (χ4v) is 3.59. The Morgan fingerprint density at radius 3 is 2.30 bits per heavy atom. The third-order valence-electron chi connectivity index (χ3n) is 4.00. The Morgan fingerprint density at radius 1 is 1.10 bits per heavy atom. The smallest absolute Gasteiger partial charge is 0.335 e. The van der Waals surface area contributed by atoms with E-state index in [1.165, 1.54) is 13.0 Å². The first kappa shape index (κ1) is 21.5. The first-order valence-corrected chi connectivity index (χ1v) is 9.61. The minimum absolute atomic E-state index is 0.308. The summed E-state index contributed by atoms with van der Waals surface area (Å²) < 4.78 is 103. The number of fused-ring (bicyclic) bond motifs is 1. The fraction of sp³-hybridized carbons (Fsp3) is 0.250. The number of imidazole rings is 1. The number of sulfone groups is 1. The van der Waals surface area contributed by atoms with Crippen LogP contribution in [-0.2, 0) is 22.2 Å². The number of hydrogen-bond donors (Lipinski definition) is 1. The van der Waals surface area contributed by atoms with Crippen molar-refractivity contribution in [2.75, 3.05) is 5.75 Å². The summed E-state index contributed by atoms with van der Waals surface area (Å²) in [5.41, 5.74) is -4.83. The van der Waals surface area contributed by atoms with Crippen LogP contribution in [0.2, 0.25) is 0 Å². The average Bonchev–Trinajstić information content (AvgIpc) is 3.08. The Hall–Kier alpha value is -3.21. The van der Waals surface area contributed by atoms with Crippen molar-refractivity contribution in [3.05, 3.63) is 35.2 Å². The van der Waals surface area contributed by atoms with Gasteiger partial charge < -0.3 is 4.98 Å². The predicted molar refractivity (Wildman–Crippen MR) is 89.6 cm³/mol. The molecule has 0 spiro atoms. The average molecular weight is 449 g/mol. The van der Waals surface area contributed by atoms with Crippen LogP contribution >= 0.6 is 0 Å². The van der Waals surface area contributed by atoms with Crippen molar-refractivity contribution in [1.29, 1.82) is 5.26 Å². The van der Waals surface area contributed by atoms with Crippen LogP contribution < -0.4 is 0 Å². The van der Waals surface area contributed by atoms with Gasteiger partial charge in [0.15, 0.2) is 27.0 Å². The number of rotatable bonds is 3. The van der Waals surface area contributed by atoms with Crippen molar-refractivity contribution in [3.8, 4) is 17.6 Å². The maximum absolute atomic E-state index is 13.1. The normalized spacial score (nSPS) is 12.9. The highest BCUT2D eigenvalue weighted by Gasteiger charge is 2.36. The zero-order valence-corrected chi connectivity index (χ0v) is 15.5. The molecule has 30 heavy (non-hydrogen) atoms. The maximum atomic E-state index is 13.1. The lowest BCUT2D eigenvalue weighted by Crippen LogP contribution is -2.12. The fourth-order valence-electron chi connectivity index (χ4n) is 2.53. The molecule has 0 saturated carbocycles. The van der Waals surface area contributed by atoms with Gasteiger partial charge in [-0.25, -0.2) is 18.4 Å². The van der Waals surface area contributed by atoms with Crippen LogP contribution in [0.5, 0.6) is 0 Å². The number of H-pyrrole nitrogens is 1. The number of nitriles is 1. The van der Waals surface area contributed by atoms with E-state index in [2.05, 4.69) is 19.9 Å². The summed E-state index contributed by atoms with van der Waals surface area (Å²) in [6.07, 6.45) is -9.39. The molecule has 0 radical (unpaired) electrons. The number of alkyl halides is 6. The summed E-state index contributed by atoms with van der Waals surface area (Å²) >= 11 is 0.